The first-order valence-corrected chi connectivity index (χ1v) is 6.91. The minimum atomic E-state index is -1.26. The summed E-state index contributed by atoms with van der Waals surface area (Å²) in [4.78, 5) is 35.6. The molecule has 0 aliphatic heterocycles. The predicted octanol–water partition coefficient (Wildman–Crippen LogP) is 1.46. The van der Waals surface area contributed by atoms with Crippen molar-refractivity contribution < 1.29 is 28.6 Å². The van der Waals surface area contributed by atoms with Crippen LogP contribution in [0.15, 0.2) is 0 Å². The molecule has 0 N–H and O–H groups in total. The molecule has 6 heteroatoms. The van der Waals surface area contributed by atoms with E-state index in [-0.39, 0.29) is 37.9 Å². The fraction of sp³-hybridized carbons (Fsp3) is 0.786. The first-order valence-electron chi connectivity index (χ1n) is 6.91. The van der Waals surface area contributed by atoms with Crippen molar-refractivity contribution in [2.45, 2.75) is 39.5 Å². The van der Waals surface area contributed by atoms with Crippen molar-refractivity contribution in [3.63, 3.8) is 0 Å². The third-order valence-electron chi connectivity index (χ3n) is 3.63. The van der Waals surface area contributed by atoms with Crippen molar-refractivity contribution in [2.75, 3.05) is 20.3 Å². The highest BCUT2D eigenvalue weighted by atomic mass is 16.6. The van der Waals surface area contributed by atoms with Gasteiger partial charge in [0.1, 0.15) is 0 Å². The summed E-state index contributed by atoms with van der Waals surface area (Å²) in [6.45, 7) is 3.80. The molecular weight excluding hydrogens is 264 g/mol. The van der Waals surface area contributed by atoms with Crippen LogP contribution in [0.4, 0.5) is 0 Å². The summed E-state index contributed by atoms with van der Waals surface area (Å²) < 4.78 is 14.7. The van der Waals surface area contributed by atoms with Gasteiger partial charge in [-0.05, 0) is 39.0 Å². The van der Waals surface area contributed by atoms with E-state index in [2.05, 4.69) is 4.74 Å². The summed E-state index contributed by atoms with van der Waals surface area (Å²) in [7, 11) is 1.32. The van der Waals surface area contributed by atoms with Gasteiger partial charge >= 0.3 is 17.9 Å². The highest BCUT2D eigenvalue weighted by molar-refractivity contribution is 6.00. The maximum absolute atomic E-state index is 12.1. The lowest BCUT2D eigenvalue weighted by molar-refractivity contribution is -0.172. The molecule has 114 valence electrons. The van der Waals surface area contributed by atoms with Gasteiger partial charge in [0.05, 0.1) is 20.3 Å². The molecular formula is C14H22O6. The van der Waals surface area contributed by atoms with Gasteiger partial charge in [0.25, 0.3) is 0 Å². The third-order valence-corrected chi connectivity index (χ3v) is 3.63. The van der Waals surface area contributed by atoms with Crippen LogP contribution >= 0.6 is 0 Å². The van der Waals surface area contributed by atoms with Crippen molar-refractivity contribution in [3.05, 3.63) is 0 Å². The molecule has 1 rings (SSSR count). The Morgan fingerprint density at radius 1 is 1.10 bits per heavy atom. The van der Waals surface area contributed by atoms with Crippen LogP contribution in [0.2, 0.25) is 0 Å². The number of carbonyl (C=O) groups excluding carboxylic acids is 3. The molecule has 1 unspecified atom stereocenters. The summed E-state index contributed by atoms with van der Waals surface area (Å²) in [5.41, 5.74) is -1.26. The van der Waals surface area contributed by atoms with E-state index < -0.39 is 17.4 Å². The van der Waals surface area contributed by atoms with Crippen LogP contribution in [-0.2, 0) is 28.6 Å². The molecule has 1 fully saturated rings. The molecule has 6 nitrogen and oxygen atoms in total. The Morgan fingerprint density at radius 3 is 2.10 bits per heavy atom. The van der Waals surface area contributed by atoms with Crippen LogP contribution < -0.4 is 0 Å². The van der Waals surface area contributed by atoms with Crippen molar-refractivity contribution >= 4 is 17.9 Å². The smallest absolute Gasteiger partial charge is 0.323 e. The summed E-state index contributed by atoms with van der Waals surface area (Å²) in [6, 6.07) is 0. The van der Waals surface area contributed by atoms with Crippen LogP contribution in [0.3, 0.4) is 0 Å². The van der Waals surface area contributed by atoms with Gasteiger partial charge in [-0.2, -0.15) is 0 Å². The quantitative estimate of drug-likeness (QED) is 0.418. The molecule has 1 aliphatic rings. The van der Waals surface area contributed by atoms with Gasteiger partial charge < -0.3 is 14.2 Å². The number of hydrogen-bond acceptors (Lipinski definition) is 6. The molecule has 0 bridgehead atoms. The van der Waals surface area contributed by atoms with Gasteiger partial charge in [-0.3, -0.25) is 14.4 Å². The van der Waals surface area contributed by atoms with E-state index in [0.717, 1.165) is 0 Å². The second kappa shape index (κ2) is 7.26. The highest BCUT2D eigenvalue weighted by Crippen LogP contribution is 2.45. The van der Waals surface area contributed by atoms with Gasteiger partial charge in [0, 0.05) is 6.42 Å². The van der Waals surface area contributed by atoms with Gasteiger partial charge in [-0.15, -0.1) is 0 Å². The zero-order chi connectivity index (χ0) is 15.2. The Balaban J connectivity index is 2.83. The topological polar surface area (TPSA) is 78.9 Å². The fourth-order valence-electron chi connectivity index (χ4n) is 2.63. The summed E-state index contributed by atoms with van der Waals surface area (Å²) in [5.74, 6) is -1.49. The van der Waals surface area contributed by atoms with E-state index in [1.807, 2.05) is 0 Å². The number of esters is 3. The van der Waals surface area contributed by atoms with E-state index in [1.165, 1.54) is 7.11 Å². The average molecular weight is 286 g/mol. The van der Waals surface area contributed by atoms with Crippen LogP contribution in [0.25, 0.3) is 0 Å². The Labute approximate surface area is 118 Å². The van der Waals surface area contributed by atoms with Crippen molar-refractivity contribution in [1.29, 1.82) is 0 Å². The van der Waals surface area contributed by atoms with E-state index in [1.54, 1.807) is 13.8 Å². The molecule has 0 aromatic heterocycles. The van der Waals surface area contributed by atoms with Crippen LogP contribution in [0, 0.1) is 11.3 Å². The SMILES string of the molecule is CCOC(=O)C1(C(=O)OCC)CCC(CC(=O)OC)C1. The van der Waals surface area contributed by atoms with Crippen molar-refractivity contribution in [1.82, 2.24) is 0 Å². The molecule has 1 saturated carbocycles. The molecule has 0 heterocycles. The van der Waals surface area contributed by atoms with Gasteiger partial charge in [-0.25, -0.2) is 0 Å². The maximum Gasteiger partial charge on any atom is 0.323 e. The Kier molecular flexibility index (Phi) is 5.98. The van der Waals surface area contributed by atoms with Gasteiger partial charge in [0.2, 0.25) is 0 Å². The molecule has 1 aliphatic carbocycles. The lowest BCUT2D eigenvalue weighted by atomic mass is 9.84. The zero-order valence-corrected chi connectivity index (χ0v) is 12.3. The summed E-state index contributed by atoms with van der Waals surface area (Å²) in [6.07, 6.45) is 1.44. The normalized spacial score (nSPS) is 20.2. The molecule has 0 spiro atoms. The predicted molar refractivity (Wildman–Crippen MR) is 69.7 cm³/mol. The molecule has 0 amide bonds. The maximum atomic E-state index is 12.1. The molecule has 20 heavy (non-hydrogen) atoms. The molecule has 1 atom stereocenters. The molecule has 0 saturated heterocycles. The van der Waals surface area contributed by atoms with E-state index in [0.29, 0.717) is 12.8 Å². The molecule has 0 radical (unpaired) electrons. The Bertz CT molecular complexity index is 358. The lowest BCUT2D eigenvalue weighted by Gasteiger charge is -2.24. The van der Waals surface area contributed by atoms with Crippen LogP contribution in [0.5, 0.6) is 0 Å². The van der Waals surface area contributed by atoms with Crippen LogP contribution in [-0.4, -0.2) is 38.2 Å². The average Bonchev–Trinajstić information content (AvgIpc) is 2.84. The molecule has 0 aromatic carbocycles. The lowest BCUT2D eigenvalue weighted by Crippen LogP contribution is -2.40. The van der Waals surface area contributed by atoms with Gasteiger partial charge in [-0.1, -0.05) is 0 Å². The monoisotopic (exact) mass is 286 g/mol. The van der Waals surface area contributed by atoms with E-state index in [9.17, 15) is 14.4 Å². The van der Waals surface area contributed by atoms with Crippen LogP contribution in [0.1, 0.15) is 39.5 Å². The third kappa shape index (κ3) is 3.49. The first-order chi connectivity index (χ1) is 9.50. The molecule has 0 aromatic rings. The fourth-order valence-corrected chi connectivity index (χ4v) is 2.63. The van der Waals surface area contributed by atoms with E-state index in [4.69, 9.17) is 9.47 Å². The standard InChI is InChI=1S/C14H22O6/c1-4-19-12(16)14(13(17)20-5-2)7-6-10(9-14)8-11(15)18-3/h10H,4-9H2,1-3H3. The number of carbonyl (C=O) groups is 3. The zero-order valence-electron chi connectivity index (χ0n) is 12.3. The minimum Gasteiger partial charge on any atom is -0.469 e. The number of hydrogen-bond donors (Lipinski definition) is 0. The second-order valence-corrected chi connectivity index (χ2v) is 4.91. The number of rotatable bonds is 6. The summed E-state index contributed by atoms with van der Waals surface area (Å²) >= 11 is 0. The largest absolute Gasteiger partial charge is 0.469 e. The summed E-state index contributed by atoms with van der Waals surface area (Å²) in [5, 5.41) is 0. The van der Waals surface area contributed by atoms with Crippen molar-refractivity contribution in [2.24, 2.45) is 11.3 Å². The first kappa shape index (κ1) is 16.5. The van der Waals surface area contributed by atoms with Crippen molar-refractivity contribution in [3.8, 4) is 0 Å². The second-order valence-electron chi connectivity index (χ2n) is 4.91. The van der Waals surface area contributed by atoms with E-state index >= 15 is 0 Å². The Morgan fingerprint density at radius 2 is 1.65 bits per heavy atom. The highest BCUT2D eigenvalue weighted by Gasteiger charge is 2.54. The number of ether oxygens (including phenoxy) is 3. The Hall–Kier alpha value is -1.59. The van der Waals surface area contributed by atoms with Gasteiger partial charge in [0.15, 0.2) is 5.41 Å². The number of methoxy groups -OCH3 is 1. The minimum absolute atomic E-state index is 0.0590.